The van der Waals surface area contributed by atoms with E-state index in [0.29, 0.717) is 0 Å². The number of Topliss-reactive ketones (excluding diaryl/α,β-unsaturated/α-hetero) is 1. The first kappa shape index (κ1) is 9.45. The Hall–Kier alpha value is -1.11. The summed E-state index contributed by atoms with van der Waals surface area (Å²) in [6, 6.07) is 8.01. The van der Waals surface area contributed by atoms with Crippen molar-refractivity contribution >= 4 is 5.78 Å². The van der Waals surface area contributed by atoms with Gasteiger partial charge in [0, 0.05) is 5.56 Å². The largest absolute Gasteiger partial charge is 0.295 e. The van der Waals surface area contributed by atoms with Gasteiger partial charge >= 0.3 is 0 Å². The van der Waals surface area contributed by atoms with Crippen molar-refractivity contribution in [1.29, 1.82) is 0 Å². The van der Waals surface area contributed by atoms with E-state index in [1.54, 1.807) is 6.92 Å². The van der Waals surface area contributed by atoms with Crippen molar-refractivity contribution in [3.63, 3.8) is 0 Å². The lowest BCUT2D eigenvalue weighted by Crippen LogP contribution is -2.15. The Labute approximate surface area is 85.1 Å². The van der Waals surface area contributed by atoms with Crippen molar-refractivity contribution < 1.29 is 4.79 Å². The predicted molar refractivity (Wildman–Crippen MR) is 57.5 cm³/mol. The standard InChI is InChI=1S/C13H16O/c1-10(14)13-8-3-2-7-12(13)9-11-5-4-6-11/h2-3,7-8,11H,4-6,9H2,1H3. The fourth-order valence-corrected chi connectivity index (χ4v) is 2.05. The van der Waals surface area contributed by atoms with E-state index in [9.17, 15) is 4.79 Å². The molecule has 1 aliphatic carbocycles. The van der Waals surface area contributed by atoms with E-state index < -0.39 is 0 Å². The number of ketones is 1. The van der Waals surface area contributed by atoms with Crippen LogP contribution in [0.15, 0.2) is 24.3 Å². The first-order valence-electron chi connectivity index (χ1n) is 5.36. The average Bonchev–Trinajstić information content (AvgIpc) is 2.12. The van der Waals surface area contributed by atoms with Gasteiger partial charge in [-0.2, -0.15) is 0 Å². The summed E-state index contributed by atoms with van der Waals surface area (Å²) in [6.45, 7) is 1.65. The number of rotatable bonds is 3. The van der Waals surface area contributed by atoms with Crippen LogP contribution in [0.3, 0.4) is 0 Å². The quantitative estimate of drug-likeness (QED) is 0.665. The van der Waals surface area contributed by atoms with Crippen LogP contribution in [-0.2, 0) is 6.42 Å². The third-order valence-corrected chi connectivity index (χ3v) is 3.13. The van der Waals surface area contributed by atoms with Gasteiger partial charge in [0.1, 0.15) is 0 Å². The predicted octanol–water partition coefficient (Wildman–Crippen LogP) is 3.23. The normalized spacial score (nSPS) is 16.4. The molecule has 0 amide bonds. The minimum absolute atomic E-state index is 0.194. The number of hydrogen-bond donors (Lipinski definition) is 0. The monoisotopic (exact) mass is 188 g/mol. The Morgan fingerprint density at radius 1 is 1.36 bits per heavy atom. The zero-order chi connectivity index (χ0) is 9.97. The lowest BCUT2D eigenvalue weighted by atomic mass is 9.80. The summed E-state index contributed by atoms with van der Waals surface area (Å²) in [5, 5.41) is 0. The molecule has 1 heteroatoms. The van der Waals surface area contributed by atoms with Crippen molar-refractivity contribution in [2.45, 2.75) is 32.6 Å². The van der Waals surface area contributed by atoms with Gasteiger partial charge in [0.15, 0.2) is 5.78 Å². The molecule has 1 saturated carbocycles. The minimum Gasteiger partial charge on any atom is -0.295 e. The Bertz CT molecular complexity index is 337. The van der Waals surface area contributed by atoms with Crippen LogP contribution < -0.4 is 0 Å². The molecule has 14 heavy (non-hydrogen) atoms. The molecular weight excluding hydrogens is 172 g/mol. The molecule has 0 aromatic heterocycles. The molecule has 0 N–H and O–H groups in total. The highest BCUT2D eigenvalue weighted by Crippen LogP contribution is 2.30. The molecule has 1 nitrogen and oxygen atoms in total. The second-order valence-corrected chi connectivity index (χ2v) is 4.21. The van der Waals surface area contributed by atoms with E-state index in [4.69, 9.17) is 0 Å². The van der Waals surface area contributed by atoms with Crippen molar-refractivity contribution in [1.82, 2.24) is 0 Å². The Morgan fingerprint density at radius 2 is 2.07 bits per heavy atom. The van der Waals surface area contributed by atoms with E-state index >= 15 is 0 Å². The Kier molecular flexibility index (Phi) is 2.67. The number of carbonyl (C=O) groups is 1. The van der Waals surface area contributed by atoms with Crippen LogP contribution in [-0.4, -0.2) is 5.78 Å². The molecule has 0 unspecified atom stereocenters. The zero-order valence-electron chi connectivity index (χ0n) is 8.62. The number of hydrogen-bond acceptors (Lipinski definition) is 1. The average molecular weight is 188 g/mol. The van der Waals surface area contributed by atoms with Gasteiger partial charge in [-0.25, -0.2) is 0 Å². The molecule has 1 aliphatic rings. The van der Waals surface area contributed by atoms with Gasteiger partial charge in [0.05, 0.1) is 0 Å². The molecule has 2 rings (SSSR count). The second kappa shape index (κ2) is 3.95. The highest BCUT2D eigenvalue weighted by atomic mass is 16.1. The summed E-state index contributed by atoms with van der Waals surface area (Å²) in [4.78, 5) is 11.4. The van der Waals surface area contributed by atoms with Gasteiger partial charge in [0.2, 0.25) is 0 Å². The van der Waals surface area contributed by atoms with Gasteiger partial charge in [-0.15, -0.1) is 0 Å². The molecule has 0 radical (unpaired) electrons. The second-order valence-electron chi connectivity index (χ2n) is 4.21. The smallest absolute Gasteiger partial charge is 0.160 e. The summed E-state index contributed by atoms with van der Waals surface area (Å²) in [5.74, 6) is 1.02. The first-order valence-corrected chi connectivity index (χ1v) is 5.36. The van der Waals surface area contributed by atoms with Gasteiger partial charge < -0.3 is 0 Å². The molecule has 0 atom stereocenters. The number of carbonyl (C=O) groups excluding carboxylic acids is 1. The summed E-state index contributed by atoms with van der Waals surface area (Å²) in [5.41, 5.74) is 2.16. The van der Waals surface area contributed by atoms with Crippen LogP contribution in [0.1, 0.15) is 42.1 Å². The van der Waals surface area contributed by atoms with Crippen molar-refractivity contribution in [2.75, 3.05) is 0 Å². The van der Waals surface area contributed by atoms with Crippen LogP contribution in [0.5, 0.6) is 0 Å². The molecule has 0 heterocycles. The summed E-state index contributed by atoms with van der Waals surface area (Å²) in [6.07, 6.45) is 5.14. The topological polar surface area (TPSA) is 17.1 Å². The van der Waals surface area contributed by atoms with E-state index in [1.165, 1.54) is 24.8 Å². The Morgan fingerprint density at radius 3 is 2.64 bits per heavy atom. The van der Waals surface area contributed by atoms with Crippen molar-refractivity contribution in [2.24, 2.45) is 5.92 Å². The summed E-state index contributed by atoms with van der Waals surface area (Å²) >= 11 is 0. The van der Waals surface area contributed by atoms with E-state index in [1.807, 2.05) is 18.2 Å². The lowest BCUT2D eigenvalue weighted by Gasteiger charge is -2.25. The highest BCUT2D eigenvalue weighted by molar-refractivity contribution is 5.95. The minimum atomic E-state index is 0.194. The molecule has 0 saturated heterocycles. The third-order valence-electron chi connectivity index (χ3n) is 3.13. The lowest BCUT2D eigenvalue weighted by molar-refractivity contribution is 0.101. The van der Waals surface area contributed by atoms with Crippen LogP contribution in [0.2, 0.25) is 0 Å². The fourth-order valence-electron chi connectivity index (χ4n) is 2.05. The maximum Gasteiger partial charge on any atom is 0.160 e. The zero-order valence-corrected chi connectivity index (χ0v) is 8.62. The molecular formula is C13H16O. The molecule has 1 aromatic carbocycles. The highest BCUT2D eigenvalue weighted by Gasteiger charge is 2.19. The van der Waals surface area contributed by atoms with Gasteiger partial charge in [-0.1, -0.05) is 43.5 Å². The molecule has 1 aromatic rings. The van der Waals surface area contributed by atoms with E-state index in [2.05, 4.69) is 6.07 Å². The van der Waals surface area contributed by atoms with Crippen molar-refractivity contribution in [3.05, 3.63) is 35.4 Å². The van der Waals surface area contributed by atoms with Gasteiger partial charge in [-0.05, 0) is 24.8 Å². The molecule has 0 spiro atoms. The maximum atomic E-state index is 11.4. The van der Waals surface area contributed by atoms with Crippen LogP contribution in [0.25, 0.3) is 0 Å². The van der Waals surface area contributed by atoms with Gasteiger partial charge in [0.25, 0.3) is 0 Å². The molecule has 1 fully saturated rings. The van der Waals surface area contributed by atoms with Gasteiger partial charge in [-0.3, -0.25) is 4.79 Å². The number of benzene rings is 1. The molecule has 74 valence electrons. The molecule has 0 bridgehead atoms. The third kappa shape index (κ3) is 1.87. The van der Waals surface area contributed by atoms with E-state index in [-0.39, 0.29) is 5.78 Å². The summed E-state index contributed by atoms with van der Waals surface area (Å²) < 4.78 is 0. The summed E-state index contributed by atoms with van der Waals surface area (Å²) in [7, 11) is 0. The van der Waals surface area contributed by atoms with Crippen LogP contribution in [0.4, 0.5) is 0 Å². The van der Waals surface area contributed by atoms with Crippen LogP contribution >= 0.6 is 0 Å². The van der Waals surface area contributed by atoms with E-state index in [0.717, 1.165) is 17.9 Å². The molecule has 0 aliphatic heterocycles. The SMILES string of the molecule is CC(=O)c1ccccc1CC1CCC1. The first-order chi connectivity index (χ1) is 6.77. The Balaban J connectivity index is 2.17. The fraction of sp³-hybridized carbons (Fsp3) is 0.462. The maximum absolute atomic E-state index is 11.4. The van der Waals surface area contributed by atoms with Crippen LogP contribution in [0, 0.1) is 5.92 Å². The van der Waals surface area contributed by atoms with Crippen molar-refractivity contribution in [3.8, 4) is 0 Å².